The van der Waals surface area contributed by atoms with Gasteiger partial charge in [0.2, 0.25) is 0 Å². The van der Waals surface area contributed by atoms with Gasteiger partial charge in [-0.05, 0) is 0 Å². The van der Waals surface area contributed by atoms with Crippen molar-refractivity contribution in [3.63, 3.8) is 0 Å². The van der Waals surface area contributed by atoms with Crippen molar-refractivity contribution in [2.45, 2.75) is 0 Å². The molecule has 0 aromatic heterocycles. The zero-order valence-corrected chi connectivity index (χ0v) is 8.36. The minimum absolute atomic E-state index is 0.0356. The van der Waals surface area contributed by atoms with Crippen LogP contribution in [0.1, 0.15) is 0 Å². The molecule has 1 N–H and O–H groups in total. The summed E-state index contributed by atoms with van der Waals surface area (Å²) in [5.74, 6) is -1.44. The predicted octanol–water partition coefficient (Wildman–Crippen LogP) is -0.808. The Labute approximate surface area is 82.4 Å². The van der Waals surface area contributed by atoms with E-state index in [1.54, 1.807) is 0 Å². The average Bonchev–Trinajstić information content (AvgIpc) is 2.13. The van der Waals surface area contributed by atoms with Crippen LogP contribution in [0.4, 0.5) is 0 Å². The first kappa shape index (κ1) is 12.9. The summed E-state index contributed by atoms with van der Waals surface area (Å²) in [6.07, 6.45) is 0. The summed E-state index contributed by atoms with van der Waals surface area (Å²) >= 11 is 0. The highest BCUT2D eigenvalue weighted by atomic mass is 16.5. The van der Waals surface area contributed by atoms with E-state index in [0.29, 0.717) is 13.2 Å². The highest BCUT2D eigenvalue weighted by Gasteiger charge is 2.13. The number of ether oxygens (including phenoxy) is 2. The van der Waals surface area contributed by atoms with Crippen molar-refractivity contribution in [1.29, 1.82) is 0 Å². The number of carbonyl (C=O) groups is 2. The Morgan fingerprint density at radius 2 is 1.93 bits per heavy atom. The fourth-order valence-corrected chi connectivity index (χ4v) is 0.873. The number of carboxylic acid groups (broad SMARTS) is 1. The quantitative estimate of drug-likeness (QED) is 0.548. The summed E-state index contributed by atoms with van der Waals surface area (Å²) in [5.41, 5.74) is 0. The molecule has 0 unspecified atom stereocenters. The number of rotatable bonds is 7. The molecule has 0 amide bonds. The Morgan fingerprint density at radius 1 is 1.29 bits per heavy atom. The SMILES string of the molecule is COCCN(CC(=O)O)CC(=O)OC. The van der Waals surface area contributed by atoms with Crippen molar-refractivity contribution in [1.82, 2.24) is 4.90 Å². The lowest BCUT2D eigenvalue weighted by Crippen LogP contribution is -2.37. The lowest BCUT2D eigenvalue weighted by Gasteiger charge is -2.17. The summed E-state index contributed by atoms with van der Waals surface area (Å²) in [5, 5.41) is 8.53. The summed E-state index contributed by atoms with van der Waals surface area (Å²) in [4.78, 5) is 22.7. The van der Waals surface area contributed by atoms with Crippen molar-refractivity contribution in [2.24, 2.45) is 0 Å². The van der Waals surface area contributed by atoms with E-state index in [1.807, 2.05) is 0 Å². The third kappa shape index (κ3) is 6.38. The van der Waals surface area contributed by atoms with Gasteiger partial charge in [0.1, 0.15) is 0 Å². The topological polar surface area (TPSA) is 76.1 Å². The maximum absolute atomic E-state index is 10.9. The van der Waals surface area contributed by atoms with Crippen LogP contribution in [-0.4, -0.2) is 62.4 Å². The number of methoxy groups -OCH3 is 2. The summed E-state index contributed by atoms with van der Waals surface area (Å²) < 4.78 is 9.21. The molecular formula is C8H15NO5. The molecule has 0 saturated carbocycles. The van der Waals surface area contributed by atoms with Crippen LogP contribution in [0.15, 0.2) is 0 Å². The van der Waals surface area contributed by atoms with Gasteiger partial charge in [-0.3, -0.25) is 14.5 Å². The second kappa shape index (κ2) is 7.28. The van der Waals surface area contributed by atoms with Crippen molar-refractivity contribution >= 4 is 11.9 Å². The monoisotopic (exact) mass is 205 g/mol. The van der Waals surface area contributed by atoms with Gasteiger partial charge >= 0.3 is 11.9 Å². The predicted molar refractivity (Wildman–Crippen MR) is 48.0 cm³/mol. The van der Waals surface area contributed by atoms with Gasteiger partial charge in [0.25, 0.3) is 0 Å². The normalized spacial score (nSPS) is 10.2. The highest BCUT2D eigenvalue weighted by molar-refractivity contribution is 5.73. The molecule has 14 heavy (non-hydrogen) atoms. The molecular weight excluding hydrogens is 190 g/mol. The lowest BCUT2D eigenvalue weighted by molar-refractivity contribution is -0.144. The van der Waals surface area contributed by atoms with E-state index >= 15 is 0 Å². The molecule has 0 fully saturated rings. The van der Waals surface area contributed by atoms with Gasteiger partial charge < -0.3 is 14.6 Å². The average molecular weight is 205 g/mol. The molecule has 0 aliphatic carbocycles. The van der Waals surface area contributed by atoms with Gasteiger partial charge in [0, 0.05) is 13.7 Å². The van der Waals surface area contributed by atoms with Crippen LogP contribution in [0, 0.1) is 0 Å². The maximum atomic E-state index is 10.9. The van der Waals surface area contributed by atoms with Crippen LogP contribution in [0.5, 0.6) is 0 Å². The fraction of sp³-hybridized carbons (Fsp3) is 0.750. The van der Waals surface area contributed by atoms with Crippen LogP contribution in [0.3, 0.4) is 0 Å². The van der Waals surface area contributed by atoms with Crippen molar-refractivity contribution in [2.75, 3.05) is 40.5 Å². The molecule has 0 heterocycles. The van der Waals surface area contributed by atoms with Crippen LogP contribution < -0.4 is 0 Å². The van der Waals surface area contributed by atoms with E-state index in [1.165, 1.54) is 19.1 Å². The van der Waals surface area contributed by atoms with Gasteiger partial charge in [0.15, 0.2) is 0 Å². The van der Waals surface area contributed by atoms with Gasteiger partial charge in [-0.2, -0.15) is 0 Å². The Morgan fingerprint density at radius 3 is 2.36 bits per heavy atom. The number of carboxylic acids is 1. The highest BCUT2D eigenvalue weighted by Crippen LogP contribution is 1.90. The smallest absolute Gasteiger partial charge is 0.319 e. The Balaban J connectivity index is 3.96. The summed E-state index contributed by atoms with van der Waals surface area (Å²) in [7, 11) is 2.77. The summed E-state index contributed by atoms with van der Waals surface area (Å²) in [6, 6.07) is 0. The van der Waals surface area contributed by atoms with Crippen LogP contribution in [-0.2, 0) is 19.1 Å². The Kier molecular flexibility index (Phi) is 6.69. The molecule has 0 aliphatic heterocycles. The second-order valence-electron chi connectivity index (χ2n) is 2.67. The number of aliphatic carboxylic acids is 1. The molecule has 0 rings (SSSR count). The van der Waals surface area contributed by atoms with Gasteiger partial charge in [0.05, 0.1) is 26.8 Å². The van der Waals surface area contributed by atoms with Gasteiger partial charge in [-0.1, -0.05) is 0 Å². The van der Waals surface area contributed by atoms with Gasteiger partial charge in [-0.15, -0.1) is 0 Å². The molecule has 0 aromatic rings. The molecule has 82 valence electrons. The van der Waals surface area contributed by atoms with E-state index in [0.717, 1.165) is 0 Å². The number of esters is 1. The standard InChI is InChI=1S/C8H15NO5/c1-13-4-3-9(5-7(10)11)6-8(12)14-2/h3-6H2,1-2H3,(H,10,11). The number of hydrogen-bond donors (Lipinski definition) is 1. The van der Waals surface area contributed by atoms with E-state index < -0.39 is 11.9 Å². The van der Waals surface area contributed by atoms with Crippen LogP contribution in [0.25, 0.3) is 0 Å². The molecule has 0 atom stereocenters. The molecule has 0 bridgehead atoms. The zero-order chi connectivity index (χ0) is 11.0. The first-order valence-electron chi connectivity index (χ1n) is 4.10. The third-order valence-corrected chi connectivity index (χ3v) is 1.55. The van der Waals surface area contributed by atoms with Gasteiger partial charge in [-0.25, -0.2) is 0 Å². The van der Waals surface area contributed by atoms with Crippen LogP contribution >= 0.6 is 0 Å². The minimum atomic E-state index is -0.981. The van der Waals surface area contributed by atoms with E-state index in [4.69, 9.17) is 9.84 Å². The molecule has 0 spiro atoms. The zero-order valence-electron chi connectivity index (χ0n) is 8.36. The number of carbonyl (C=O) groups excluding carboxylic acids is 1. The number of nitrogens with zero attached hydrogens (tertiary/aromatic N) is 1. The number of hydrogen-bond acceptors (Lipinski definition) is 5. The molecule has 6 nitrogen and oxygen atoms in total. The Bertz CT molecular complexity index is 194. The van der Waals surface area contributed by atoms with E-state index in [-0.39, 0.29) is 13.1 Å². The third-order valence-electron chi connectivity index (χ3n) is 1.55. The van der Waals surface area contributed by atoms with Crippen molar-refractivity contribution in [3.8, 4) is 0 Å². The van der Waals surface area contributed by atoms with Crippen LogP contribution in [0.2, 0.25) is 0 Å². The first-order valence-corrected chi connectivity index (χ1v) is 4.10. The first-order chi connectivity index (χ1) is 6.60. The maximum Gasteiger partial charge on any atom is 0.319 e. The molecule has 0 aromatic carbocycles. The molecule has 0 saturated heterocycles. The second-order valence-corrected chi connectivity index (χ2v) is 2.67. The lowest BCUT2D eigenvalue weighted by atomic mass is 10.4. The van der Waals surface area contributed by atoms with Crippen molar-refractivity contribution in [3.05, 3.63) is 0 Å². The van der Waals surface area contributed by atoms with Crippen molar-refractivity contribution < 1.29 is 24.2 Å². The molecule has 0 radical (unpaired) electrons. The van der Waals surface area contributed by atoms with E-state index in [9.17, 15) is 9.59 Å². The van der Waals surface area contributed by atoms with E-state index in [2.05, 4.69) is 4.74 Å². The molecule has 0 aliphatic rings. The minimum Gasteiger partial charge on any atom is -0.480 e. The molecule has 6 heteroatoms. The Hall–Kier alpha value is -1.14. The summed E-state index contributed by atoms with van der Waals surface area (Å²) in [6.45, 7) is 0.535. The fourth-order valence-electron chi connectivity index (χ4n) is 0.873. The largest absolute Gasteiger partial charge is 0.480 e.